The Morgan fingerprint density at radius 1 is 0.250 bits per heavy atom. The Labute approximate surface area is 132 Å². The molecule has 0 bridgehead atoms. The third-order valence-corrected chi connectivity index (χ3v) is 3.37. The van der Waals surface area contributed by atoms with E-state index in [-0.39, 0.29) is 0 Å². The summed E-state index contributed by atoms with van der Waals surface area (Å²) < 4.78 is 0. The fourth-order valence-corrected chi connectivity index (χ4v) is 1.85. The van der Waals surface area contributed by atoms with Crippen LogP contribution in [0.1, 0.15) is 131 Å². The van der Waals surface area contributed by atoms with Gasteiger partial charge in [0.2, 0.25) is 0 Å². The van der Waals surface area contributed by atoms with Gasteiger partial charge in [0, 0.05) is 0 Å². The summed E-state index contributed by atoms with van der Waals surface area (Å²) in [5.74, 6) is 0. The Morgan fingerprint density at radius 3 is 0.550 bits per heavy atom. The maximum atomic E-state index is 2.26. The molecule has 0 saturated heterocycles. The van der Waals surface area contributed by atoms with Crippen LogP contribution >= 0.6 is 0 Å². The highest BCUT2D eigenvalue weighted by Crippen LogP contribution is 2.03. The third-order valence-electron chi connectivity index (χ3n) is 3.37. The smallest absolute Gasteiger partial charge is 0.0533 e. The zero-order valence-electron chi connectivity index (χ0n) is 15.9. The van der Waals surface area contributed by atoms with Crippen LogP contribution in [0.25, 0.3) is 0 Å². The molecule has 0 aromatic rings. The van der Waals surface area contributed by atoms with Crippen LogP contribution in [0.3, 0.4) is 0 Å². The van der Waals surface area contributed by atoms with Crippen molar-refractivity contribution in [3.8, 4) is 0 Å². The molecule has 0 aromatic heterocycles. The van der Waals surface area contributed by atoms with Gasteiger partial charge in [-0.3, -0.25) is 0 Å². The van der Waals surface area contributed by atoms with Crippen molar-refractivity contribution < 1.29 is 0 Å². The summed E-state index contributed by atoms with van der Waals surface area (Å²) in [6, 6.07) is 0. The Kier molecular flexibility index (Phi) is 39.2. The van der Waals surface area contributed by atoms with E-state index in [1.54, 1.807) is 0 Å². The highest BCUT2D eigenvalue weighted by molar-refractivity contribution is 4.39. The molecule has 0 rings (SSSR count). The molecular weight excluding hydrogens is 240 g/mol. The lowest BCUT2D eigenvalue weighted by molar-refractivity contribution is 0.624. The van der Waals surface area contributed by atoms with Crippen LogP contribution in [0.5, 0.6) is 0 Å². The molecule has 0 radical (unpaired) electrons. The van der Waals surface area contributed by atoms with Gasteiger partial charge >= 0.3 is 0 Å². The van der Waals surface area contributed by atoms with Crippen molar-refractivity contribution in [2.24, 2.45) is 0 Å². The van der Waals surface area contributed by atoms with Gasteiger partial charge in [0.15, 0.2) is 0 Å². The Morgan fingerprint density at radius 2 is 0.400 bits per heavy atom. The van der Waals surface area contributed by atoms with Crippen molar-refractivity contribution in [1.82, 2.24) is 0 Å². The summed E-state index contributed by atoms with van der Waals surface area (Å²) in [7, 11) is 0. The Bertz CT molecular complexity index is 84.6. The van der Waals surface area contributed by atoms with Gasteiger partial charge in [-0.05, 0) is 0 Å². The van der Waals surface area contributed by atoms with Gasteiger partial charge in [0.1, 0.15) is 0 Å². The van der Waals surface area contributed by atoms with Gasteiger partial charge in [0.25, 0.3) is 0 Å². The second-order valence-corrected chi connectivity index (χ2v) is 5.83. The first-order chi connectivity index (χ1) is 9.74. The third kappa shape index (κ3) is 43.0. The lowest BCUT2D eigenvalue weighted by Crippen LogP contribution is -1.73. The molecular formula is C20H46. The van der Waals surface area contributed by atoms with Crippen LogP contribution in [-0.4, -0.2) is 0 Å². The van der Waals surface area contributed by atoms with Gasteiger partial charge in [-0.2, -0.15) is 0 Å². The highest BCUT2D eigenvalue weighted by atomic mass is 13.9. The predicted octanol–water partition coefficient (Wildman–Crippen LogP) is 8.54. The summed E-state index contributed by atoms with van der Waals surface area (Å²) in [4.78, 5) is 0. The quantitative estimate of drug-likeness (QED) is 0.334. The van der Waals surface area contributed by atoms with E-state index in [9.17, 15) is 0 Å². The van der Waals surface area contributed by atoms with Crippen LogP contribution in [0.2, 0.25) is 0 Å². The molecule has 0 aromatic carbocycles. The molecule has 0 aliphatic carbocycles. The summed E-state index contributed by atoms with van der Waals surface area (Å²) in [5, 5.41) is 0. The van der Waals surface area contributed by atoms with E-state index in [1.165, 1.54) is 89.9 Å². The number of hydrogen-bond donors (Lipinski definition) is 0. The first-order valence-electron chi connectivity index (χ1n) is 9.74. The zero-order valence-corrected chi connectivity index (χ0v) is 15.9. The number of rotatable bonds is 11. The van der Waals surface area contributed by atoms with Gasteiger partial charge in [-0.25, -0.2) is 0 Å². The van der Waals surface area contributed by atoms with E-state index in [1.807, 2.05) is 0 Å². The molecule has 0 amide bonds. The fraction of sp³-hybridized carbons (Fsp3) is 1.00. The van der Waals surface area contributed by atoms with Gasteiger partial charge in [-0.15, -0.1) is 0 Å². The first-order valence-corrected chi connectivity index (χ1v) is 9.74. The number of unbranched alkanes of at least 4 members (excludes halogenated alkanes) is 11. The molecule has 20 heavy (non-hydrogen) atoms. The minimum Gasteiger partial charge on any atom is -0.0654 e. The molecule has 0 atom stereocenters. The first kappa shape index (κ1) is 25.0. The molecule has 0 heteroatoms. The second kappa shape index (κ2) is 31.4. The summed E-state index contributed by atoms with van der Waals surface area (Å²) in [6.07, 6.45) is 19.6. The summed E-state index contributed by atoms with van der Waals surface area (Å²) >= 11 is 0. The molecule has 0 N–H and O–H groups in total. The van der Waals surface area contributed by atoms with E-state index in [0.717, 1.165) is 0 Å². The van der Waals surface area contributed by atoms with Crippen molar-refractivity contribution in [2.45, 2.75) is 131 Å². The average molecular weight is 287 g/mol. The van der Waals surface area contributed by atoms with Crippen LogP contribution in [0, 0.1) is 0 Å². The molecule has 0 aliphatic rings. The van der Waals surface area contributed by atoms with E-state index >= 15 is 0 Å². The number of hydrogen-bond acceptors (Lipinski definition) is 0. The second-order valence-electron chi connectivity index (χ2n) is 5.83. The summed E-state index contributed by atoms with van der Waals surface area (Å²) in [6.45, 7) is 13.4. The maximum absolute atomic E-state index is 2.26. The zero-order chi connectivity index (χ0) is 15.9. The average Bonchev–Trinajstić information content (AvgIpc) is 2.49. The van der Waals surface area contributed by atoms with Gasteiger partial charge in [0.05, 0.1) is 0 Å². The molecule has 0 unspecified atom stereocenters. The van der Waals surface area contributed by atoms with E-state index < -0.39 is 0 Å². The Balaban J connectivity index is -0.000000221. The van der Waals surface area contributed by atoms with Gasteiger partial charge < -0.3 is 0 Å². The molecule has 0 saturated carbocycles. The van der Waals surface area contributed by atoms with Crippen LogP contribution < -0.4 is 0 Å². The molecule has 0 aliphatic heterocycles. The topological polar surface area (TPSA) is 0 Å². The normalized spacial score (nSPS) is 9.30. The monoisotopic (exact) mass is 286 g/mol. The van der Waals surface area contributed by atoms with Crippen molar-refractivity contribution in [1.29, 1.82) is 0 Å². The summed E-state index contributed by atoms with van der Waals surface area (Å²) in [5.41, 5.74) is 0. The van der Waals surface area contributed by atoms with Crippen molar-refractivity contribution >= 4 is 0 Å². The van der Waals surface area contributed by atoms with Crippen LogP contribution in [0.15, 0.2) is 0 Å². The molecule has 0 heterocycles. The van der Waals surface area contributed by atoms with Gasteiger partial charge in [-0.1, -0.05) is 131 Å². The van der Waals surface area contributed by atoms with E-state index in [0.29, 0.717) is 0 Å². The predicted molar refractivity (Wildman–Crippen MR) is 98.7 cm³/mol. The van der Waals surface area contributed by atoms with Crippen molar-refractivity contribution in [3.05, 3.63) is 0 Å². The molecule has 0 fully saturated rings. The fourth-order valence-electron chi connectivity index (χ4n) is 1.85. The molecule has 0 nitrogen and oxygen atoms in total. The highest BCUT2D eigenvalue weighted by Gasteiger charge is 1.83. The van der Waals surface area contributed by atoms with Crippen LogP contribution in [-0.2, 0) is 0 Å². The minimum atomic E-state index is 1.36. The van der Waals surface area contributed by atoms with E-state index in [4.69, 9.17) is 0 Å². The SMILES string of the molecule is CCCCCC.CCCCCC.CCCCCCCC. The lowest BCUT2D eigenvalue weighted by atomic mass is 10.1. The van der Waals surface area contributed by atoms with Crippen LogP contribution in [0.4, 0.5) is 0 Å². The maximum Gasteiger partial charge on any atom is -0.0533 e. The Hall–Kier alpha value is 0. The lowest BCUT2D eigenvalue weighted by Gasteiger charge is -1.93. The largest absolute Gasteiger partial charge is 0.0654 e. The standard InChI is InChI=1S/C8H18.2C6H14/c1-3-5-7-8-6-4-2;2*1-3-5-6-4-2/h3-8H2,1-2H3;2*3-6H2,1-2H3. The molecule has 0 spiro atoms. The van der Waals surface area contributed by atoms with Crippen molar-refractivity contribution in [2.75, 3.05) is 0 Å². The minimum absolute atomic E-state index is 1.36. The molecule has 126 valence electrons. The van der Waals surface area contributed by atoms with E-state index in [2.05, 4.69) is 41.5 Å². The van der Waals surface area contributed by atoms with Crippen molar-refractivity contribution in [3.63, 3.8) is 0 Å².